The third kappa shape index (κ3) is 50.4. The predicted octanol–water partition coefficient (Wildman–Crippen LogP) is 2.58. The first-order valence-corrected chi connectivity index (χ1v) is 48.3. The van der Waals surface area contributed by atoms with Gasteiger partial charge in [0.15, 0.2) is 24.7 Å². The number of ether oxygens (including phenoxy) is 13. The molecule has 133 heavy (non-hydrogen) atoms. The summed E-state index contributed by atoms with van der Waals surface area (Å²) in [5.74, 6) is -3.34. The van der Waals surface area contributed by atoms with Gasteiger partial charge in [-0.3, -0.25) is 52.7 Å². The molecule has 0 bridgehead atoms. The summed E-state index contributed by atoms with van der Waals surface area (Å²) >= 11 is 0. The number of Topliss-reactive ketones (excluding diaryl/α,β-unsaturated/α-hetero) is 3. The molecule has 4 aliphatic rings. The zero-order valence-corrected chi connectivity index (χ0v) is 79.3. The Hall–Kier alpha value is -6.72. The van der Waals surface area contributed by atoms with E-state index in [0.29, 0.717) is 148 Å². The van der Waals surface area contributed by atoms with E-state index in [1.807, 2.05) is 0 Å². The van der Waals surface area contributed by atoms with Crippen molar-refractivity contribution in [1.29, 1.82) is 0 Å². The number of nitrogens with one attached hydrogen (secondary N) is 6. The van der Waals surface area contributed by atoms with Crippen molar-refractivity contribution in [3.63, 3.8) is 0 Å². The van der Waals surface area contributed by atoms with Crippen molar-refractivity contribution in [2.45, 2.75) is 363 Å². The van der Waals surface area contributed by atoms with Crippen molar-refractivity contribution in [2.75, 3.05) is 139 Å². The lowest BCUT2D eigenvalue weighted by atomic mass is 9.71. The molecule has 41 nitrogen and oxygen atoms in total. The first kappa shape index (κ1) is 119. The maximum atomic E-state index is 14.3. The molecular formula is C92H161N7O34. The van der Waals surface area contributed by atoms with Gasteiger partial charge in [-0.05, 0) is 121 Å². The lowest BCUT2D eigenvalue weighted by Gasteiger charge is -2.42. The number of hydrogen-bond donors (Lipinski definition) is 15. The molecule has 0 aromatic carbocycles. The van der Waals surface area contributed by atoms with Gasteiger partial charge in [0.05, 0.1) is 104 Å². The number of aliphatic hydroxyl groups is 9. The molecule has 0 aliphatic carbocycles. The van der Waals surface area contributed by atoms with Gasteiger partial charge in [0.25, 0.3) is 0 Å². The monoisotopic (exact) mass is 1910 g/mol. The van der Waals surface area contributed by atoms with Crippen LogP contribution in [0.25, 0.3) is 0 Å². The Labute approximate surface area is 783 Å². The van der Waals surface area contributed by atoms with Gasteiger partial charge in [0.2, 0.25) is 35.4 Å². The molecule has 7 amide bonds. The van der Waals surface area contributed by atoms with Crippen molar-refractivity contribution in [3.05, 3.63) is 0 Å². The second-order valence-electron chi connectivity index (χ2n) is 35.2. The van der Waals surface area contributed by atoms with Crippen molar-refractivity contribution in [3.8, 4) is 0 Å². The van der Waals surface area contributed by atoms with Crippen LogP contribution < -0.4 is 31.9 Å². The predicted molar refractivity (Wildman–Crippen MR) is 479 cm³/mol. The van der Waals surface area contributed by atoms with E-state index >= 15 is 0 Å². The van der Waals surface area contributed by atoms with Crippen molar-refractivity contribution in [1.82, 2.24) is 36.8 Å². The Kier molecular flexibility index (Phi) is 63.2. The quantitative estimate of drug-likeness (QED) is 0.0236. The average molecular weight is 1910 g/mol. The highest BCUT2D eigenvalue weighted by Crippen LogP contribution is 2.40. The number of aliphatic hydroxyl groups excluding tert-OH is 9. The van der Waals surface area contributed by atoms with E-state index in [1.165, 1.54) is 13.8 Å². The maximum absolute atomic E-state index is 14.3. The Morgan fingerprint density at radius 1 is 0.391 bits per heavy atom. The molecule has 41 heteroatoms. The number of unbranched alkanes of at least 4 members (excludes halogenated alkanes) is 13. The summed E-state index contributed by atoms with van der Waals surface area (Å²) in [4.78, 5) is 156. The number of carbonyl (C=O) groups excluding carboxylic acids is 12. The summed E-state index contributed by atoms with van der Waals surface area (Å²) in [5.41, 5.74) is -0.796. The van der Waals surface area contributed by atoms with Crippen molar-refractivity contribution in [2.24, 2.45) is 11.3 Å². The summed E-state index contributed by atoms with van der Waals surface area (Å²) in [6.45, 7) is 5.40. The van der Waals surface area contributed by atoms with Gasteiger partial charge in [-0.1, -0.05) is 64.7 Å². The van der Waals surface area contributed by atoms with Gasteiger partial charge < -0.3 is 144 Å². The number of amides is 7. The molecule has 4 heterocycles. The zero-order valence-electron chi connectivity index (χ0n) is 79.3. The molecule has 4 saturated heterocycles. The lowest BCUT2D eigenvalue weighted by molar-refractivity contribution is -0.282. The van der Waals surface area contributed by atoms with Gasteiger partial charge in [0.1, 0.15) is 79.1 Å². The molecule has 768 valence electrons. The summed E-state index contributed by atoms with van der Waals surface area (Å²) in [5, 5.41) is 107. The Morgan fingerprint density at radius 2 is 0.805 bits per heavy atom. The topological polar surface area (TPSA) is 582 Å². The van der Waals surface area contributed by atoms with Gasteiger partial charge in [0, 0.05) is 137 Å². The van der Waals surface area contributed by atoms with Crippen LogP contribution >= 0.6 is 0 Å². The number of ketones is 3. The summed E-state index contributed by atoms with van der Waals surface area (Å²) in [6, 6.07) is -2.23. The Morgan fingerprint density at radius 3 is 1.31 bits per heavy atom. The normalized spacial score (nSPS) is 24.0. The van der Waals surface area contributed by atoms with Crippen LogP contribution in [0.4, 0.5) is 4.79 Å². The van der Waals surface area contributed by atoms with E-state index in [1.54, 1.807) is 26.0 Å². The van der Waals surface area contributed by atoms with Crippen LogP contribution in [0.15, 0.2) is 0 Å². The second kappa shape index (κ2) is 70.8. The van der Waals surface area contributed by atoms with Crippen LogP contribution in [0.1, 0.15) is 265 Å². The van der Waals surface area contributed by atoms with Crippen LogP contribution in [-0.2, 0) is 114 Å². The van der Waals surface area contributed by atoms with Crippen LogP contribution in [0.2, 0.25) is 0 Å². The molecule has 15 N–H and O–H groups in total. The molecule has 18 atom stereocenters. The fourth-order valence-corrected chi connectivity index (χ4v) is 16.5. The average Bonchev–Trinajstić information content (AvgIpc) is 1.16. The van der Waals surface area contributed by atoms with E-state index in [4.69, 9.17) is 61.6 Å². The van der Waals surface area contributed by atoms with E-state index in [9.17, 15) is 103 Å². The molecule has 4 fully saturated rings. The molecule has 0 saturated carbocycles. The molecule has 4 aliphatic heterocycles. The van der Waals surface area contributed by atoms with E-state index in [-0.39, 0.29) is 190 Å². The van der Waals surface area contributed by atoms with Gasteiger partial charge in [-0.25, -0.2) is 4.79 Å². The smallest absolute Gasteiger partial charge is 0.407 e. The number of hydrogen-bond acceptors (Lipinski definition) is 34. The number of alkyl carbamates (subject to hydrolysis) is 1. The first-order chi connectivity index (χ1) is 64.0. The summed E-state index contributed by atoms with van der Waals surface area (Å²) < 4.78 is 72.9. The Balaban J connectivity index is 1.28. The van der Waals surface area contributed by atoms with Gasteiger partial charge >= 0.3 is 18.0 Å². The second-order valence-corrected chi connectivity index (χ2v) is 35.2. The van der Waals surface area contributed by atoms with Crippen LogP contribution in [0.5, 0.6) is 0 Å². The molecule has 0 aromatic rings. The number of methoxy groups -OCH3 is 2. The first-order valence-electron chi connectivity index (χ1n) is 48.3. The molecule has 0 aromatic heterocycles. The largest absolute Gasteiger partial charge is 0.466 e. The fraction of sp³-hybridized carbons (Fsp3) is 0.870. The zero-order chi connectivity index (χ0) is 97.6. The third-order valence-corrected chi connectivity index (χ3v) is 24.1. The van der Waals surface area contributed by atoms with Gasteiger partial charge in [-0.2, -0.15) is 0 Å². The molecular weight excluding hydrogens is 1750 g/mol. The lowest BCUT2D eigenvalue weighted by Crippen LogP contribution is -2.64. The standard InChI is InChI=1S/C92H161N7O34/c1-63-82(114)83(115)71(58-100)131-88(63)127-47-24-32-74(108)93-42-20-12-7-10-16-35-78(112)125-49-26-39-92(56-68(106)37-38-76(110)95-45-52-123-53-54-124-62-69(107)30-18-19-34-77(111)99-57-70(122-5)55-66(99)61-121-4,40-27-50-126-79(113)36-17-11-8-13-21-43-94-75(109)33-25-48-129-90-81(98-65(3)104)87(119)85(117)73(60-102)133-90)41-28-51-130-91(120)96-44-22-14-6-9-15-29-67(105)31-23-46-128-89-80(97-64(2)103)86(118)84(116)72(59-101)132-89/h63,66,70-73,80-90,100-102,114-119H,6-62H2,1-5H3,(H,93,108)(H,94,109)(H,95,110)(H,96,120)(H,97,103)(H,98,104)/t63?,66-,70+,71?,72?,73?,80?,81?,82?,83?,84?,85?,86?,87?,88?,89?,90?,92?/m1/s1. The molecule has 16 unspecified atom stereocenters. The number of nitrogens with zero attached hydrogens (tertiary/aromatic N) is 1. The summed E-state index contributed by atoms with van der Waals surface area (Å²) in [7, 11) is 3.22. The Bertz CT molecular complexity index is 3190. The van der Waals surface area contributed by atoms with E-state index in [0.717, 1.165) is 64.2 Å². The minimum Gasteiger partial charge on any atom is -0.466 e. The van der Waals surface area contributed by atoms with Crippen LogP contribution in [0.3, 0.4) is 0 Å². The van der Waals surface area contributed by atoms with Crippen molar-refractivity contribution < 1.29 is 165 Å². The molecule has 0 radical (unpaired) electrons. The molecule has 4 rings (SSSR count). The number of likely N-dealkylation sites (tertiary alicyclic amines) is 1. The maximum Gasteiger partial charge on any atom is 0.407 e. The minimum atomic E-state index is -1.46. The SMILES string of the molecule is COC[C@H]1C[C@H](OC)CN1C(=O)CCCCC(=O)COCCOCCNC(=O)CCC(=O)CC(CCCOC(=O)CCCCCCCNC(=O)CCCOC1OC(CO)C(O)C(O)C1C)(CCCOC(=O)CCCCCCCNC(=O)CCCOC1OC(CO)C(O)C(O)C1NC(C)=O)CCCOC(=O)NCCCCCCCC(=O)CCCOC1OC(CO)C(O)C(O)C1NC(C)=O. The van der Waals surface area contributed by atoms with Gasteiger partial charge in [-0.15, -0.1) is 0 Å². The highest BCUT2D eigenvalue weighted by molar-refractivity contribution is 5.85. The highest BCUT2D eigenvalue weighted by atomic mass is 16.7. The number of rotatable bonds is 77. The van der Waals surface area contributed by atoms with Crippen LogP contribution in [0, 0.1) is 11.3 Å². The fourth-order valence-electron chi connectivity index (χ4n) is 16.5. The summed E-state index contributed by atoms with van der Waals surface area (Å²) in [6.07, 6.45) is 2.05. The molecule has 0 spiro atoms. The number of esters is 2. The van der Waals surface area contributed by atoms with E-state index in [2.05, 4.69) is 31.9 Å². The van der Waals surface area contributed by atoms with E-state index < -0.39 is 147 Å². The van der Waals surface area contributed by atoms with Crippen LogP contribution in [-0.4, -0.2) is 359 Å². The van der Waals surface area contributed by atoms with Crippen molar-refractivity contribution >= 4 is 70.8 Å². The number of carbonyl (C=O) groups is 12. The highest BCUT2D eigenvalue weighted by Gasteiger charge is 2.48. The third-order valence-electron chi connectivity index (χ3n) is 24.1. The minimum absolute atomic E-state index is 0.00273.